The third-order valence-corrected chi connectivity index (χ3v) is 7.95. The van der Waals surface area contributed by atoms with Gasteiger partial charge < -0.3 is 20.5 Å². The summed E-state index contributed by atoms with van der Waals surface area (Å²) < 4.78 is 5.34. The monoisotopic (exact) mass is 603 g/mol. The van der Waals surface area contributed by atoms with Gasteiger partial charge >= 0.3 is 0 Å². The molecule has 12 heteroatoms. The van der Waals surface area contributed by atoms with E-state index in [-0.39, 0.29) is 17.4 Å². The van der Waals surface area contributed by atoms with Gasteiger partial charge in [0.2, 0.25) is 11.0 Å². The maximum Gasteiger partial charge on any atom is 0.272 e. The summed E-state index contributed by atoms with van der Waals surface area (Å²) in [6.45, 7) is 3.73. The maximum atomic E-state index is 13.5. The molecule has 0 aliphatic heterocycles. The van der Waals surface area contributed by atoms with Gasteiger partial charge in [0, 0.05) is 27.8 Å². The van der Waals surface area contributed by atoms with E-state index in [2.05, 4.69) is 26.1 Å². The average molecular weight is 604 g/mol. The zero-order valence-corrected chi connectivity index (χ0v) is 24.7. The predicted molar refractivity (Wildman–Crippen MR) is 165 cm³/mol. The molecule has 1 heterocycles. The van der Waals surface area contributed by atoms with Crippen molar-refractivity contribution in [3.63, 3.8) is 0 Å². The summed E-state index contributed by atoms with van der Waals surface area (Å²) in [6.07, 6.45) is 2.04. The Bertz CT molecular complexity index is 1610. The lowest BCUT2D eigenvalue weighted by molar-refractivity contribution is -0.116. The minimum absolute atomic E-state index is 0.00450. The highest BCUT2D eigenvalue weighted by Crippen LogP contribution is 2.30. The molecule has 1 aromatic heterocycles. The van der Waals surface area contributed by atoms with Crippen molar-refractivity contribution in [3.05, 3.63) is 94.6 Å². The van der Waals surface area contributed by atoms with Crippen LogP contribution in [0.15, 0.2) is 83.4 Å². The first kappa shape index (κ1) is 30.3. The van der Waals surface area contributed by atoms with E-state index in [4.69, 9.17) is 4.74 Å². The van der Waals surface area contributed by atoms with E-state index in [9.17, 15) is 19.5 Å². The zero-order valence-electron chi connectivity index (χ0n) is 23.1. The molecular formula is C30H29N5O5S2. The van der Waals surface area contributed by atoms with Crippen LogP contribution in [0.1, 0.15) is 34.3 Å². The number of ether oxygens (including phenoxy) is 1. The Morgan fingerprint density at radius 2 is 1.81 bits per heavy atom. The van der Waals surface area contributed by atoms with Crippen LogP contribution in [0.25, 0.3) is 6.08 Å². The molecule has 0 saturated carbocycles. The van der Waals surface area contributed by atoms with E-state index in [0.717, 1.165) is 9.90 Å². The number of phenolic OH excluding ortho intramolecular Hbond substituents is 1. The van der Waals surface area contributed by atoms with Crippen molar-refractivity contribution in [3.8, 4) is 11.5 Å². The summed E-state index contributed by atoms with van der Waals surface area (Å²) in [5.41, 5.74) is 1.28. The van der Waals surface area contributed by atoms with Crippen molar-refractivity contribution in [1.82, 2.24) is 15.5 Å². The Hall–Kier alpha value is -4.68. The summed E-state index contributed by atoms with van der Waals surface area (Å²) in [6, 6.07) is 20.0. The Morgan fingerprint density at radius 3 is 2.50 bits per heavy atom. The molecule has 4 aromatic rings. The summed E-state index contributed by atoms with van der Waals surface area (Å²) in [4.78, 5) is 40.1. The second-order valence-electron chi connectivity index (χ2n) is 8.92. The number of phenols is 1. The minimum atomic E-state index is -0.576. The van der Waals surface area contributed by atoms with Gasteiger partial charge in [-0.1, -0.05) is 42.5 Å². The second-order valence-corrected chi connectivity index (χ2v) is 11.4. The number of benzene rings is 3. The maximum absolute atomic E-state index is 13.5. The lowest BCUT2D eigenvalue weighted by atomic mass is 10.1. The molecule has 0 fully saturated rings. The number of nitrogens with zero attached hydrogens (tertiary/aromatic N) is 2. The first-order chi connectivity index (χ1) is 20.2. The molecule has 0 saturated heterocycles. The van der Waals surface area contributed by atoms with Crippen molar-refractivity contribution in [2.45, 2.75) is 30.4 Å². The van der Waals surface area contributed by atoms with E-state index < -0.39 is 17.1 Å². The van der Waals surface area contributed by atoms with Gasteiger partial charge in [0.1, 0.15) is 22.2 Å². The predicted octanol–water partition coefficient (Wildman–Crippen LogP) is 5.48. The zero-order chi connectivity index (χ0) is 30.1. The van der Waals surface area contributed by atoms with Crippen molar-refractivity contribution in [2.24, 2.45) is 0 Å². The lowest BCUT2D eigenvalue weighted by Crippen LogP contribution is -2.30. The Labute approximate surface area is 251 Å². The van der Waals surface area contributed by atoms with Gasteiger partial charge in [-0.3, -0.25) is 19.7 Å². The molecule has 4 rings (SSSR count). The van der Waals surface area contributed by atoms with Crippen LogP contribution in [0.5, 0.6) is 11.5 Å². The number of methoxy groups -OCH3 is 1. The van der Waals surface area contributed by atoms with Crippen molar-refractivity contribution in [2.75, 3.05) is 17.7 Å². The smallest absolute Gasteiger partial charge is 0.272 e. The number of aromatic nitrogens is 2. The molecule has 216 valence electrons. The highest BCUT2D eigenvalue weighted by molar-refractivity contribution is 8.00. The lowest BCUT2D eigenvalue weighted by Gasteiger charge is -2.15. The molecular weight excluding hydrogens is 574 g/mol. The standard InChI is InChI=1S/C30H29N5O5S2/c1-4-26(29(39)33-30-35-34-18(2)41-30)42-23-12-8-11-21(16-23)31-28(38)24(32-27(37)19-9-6-5-7-10-19)15-20-13-14-22(36)17-25(20)40-3/h5-17,26,36H,4H2,1-3H3,(H,31,38)(H,32,37)(H,33,35,39)/b24-15+. The van der Waals surface area contributed by atoms with Crippen LogP contribution >= 0.6 is 23.1 Å². The number of carbonyl (C=O) groups excluding carboxylic acids is 3. The molecule has 1 unspecified atom stereocenters. The van der Waals surface area contributed by atoms with Gasteiger partial charge in [-0.05, 0) is 61.9 Å². The van der Waals surface area contributed by atoms with Crippen LogP contribution in [-0.4, -0.2) is 45.4 Å². The fraction of sp³-hybridized carbons (Fsp3) is 0.167. The van der Waals surface area contributed by atoms with Crippen LogP contribution in [0.2, 0.25) is 0 Å². The van der Waals surface area contributed by atoms with E-state index in [1.165, 1.54) is 48.4 Å². The van der Waals surface area contributed by atoms with Gasteiger partial charge in [0.25, 0.3) is 11.8 Å². The number of anilines is 2. The minimum Gasteiger partial charge on any atom is -0.508 e. The Morgan fingerprint density at radius 1 is 1.02 bits per heavy atom. The molecule has 0 aliphatic rings. The van der Waals surface area contributed by atoms with Gasteiger partial charge in [-0.15, -0.1) is 22.0 Å². The summed E-state index contributed by atoms with van der Waals surface area (Å²) in [5.74, 6) is -0.922. The van der Waals surface area contributed by atoms with E-state index in [0.29, 0.717) is 34.1 Å². The molecule has 0 radical (unpaired) electrons. The third kappa shape index (κ3) is 8.18. The summed E-state index contributed by atoms with van der Waals surface area (Å²) >= 11 is 2.66. The number of aromatic hydroxyl groups is 1. The Balaban J connectivity index is 1.54. The molecule has 42 heavy (non-hydrogen) atoms. The molecule has 0 bridgehead atoms. The number of rotatable bonds is 11. The van der Waals surface area contributed by atoms with E-state index in [1.807, 2.05) is 19.9 Å². The van der Waals surface area contributed by atoms with Gasteiger partial charge in [0.15, 0.2) is 0 Å². The molecule has 3 aromatic carbocycles. The molecule has 0 aliphatic carbocycles. The van der Waals surface area contributed by atoms with Crippen LogP contribution in [0, 0.1) is 6.92 Å². The SMILES string of the molecule is CCC(Sc1cccc(NC(=O)/C(=C\c2ccc(O)cc2OC)NC(=O)c2ccccc2)c1)C(=O)Nc1nnc(C)s1. The normalized spacial score (nSPS) is 11.8. The summed E-state index contributed by atoms with van der Waals surface area (Å²) in [7, 11) is 1.44. The van der Waals surface area contributed by atoms with Crippen LogP contribution < -0.4 is 20.7 Å². The van der Waals surface area contributed by atoms with Crippen molar-refractivity contribution < 1.29 is 24.2 Å². The quantitative estimate of drug-likeness (QED) is 0.130. The van der Waals surface area contributed by atoms with Gasteiger partial charge in [-0.2, -0.15) is 0 Å². The van der Waals surface area contributed by atoms with E-state index >= 15 is 0 Å². The Kier molecular flexibility index (Phi) is 10.3. The number of thioether (sulfide) groups is 1. The number of hydrogen-bond donors (Lipinski definition) is 4. The highest BCUT2D eigenvalue weighted by Gasteiger charge is 2.21. The van der Waals surface area contributed by atoms with E-state index in [1.54, 1.807) is 54.6 Å². The van der Waals surface area contributed by atoms with Crippen LogP contribution in [0.4, 0.5) is 10.8 Å². The largest absolute Gasteiger partial charge is 0.508 e. The molecule has 1 atom stereocenters. The van der Waals surface area contributed by atoms with Gasteiger partial charge in [-0.25, -0.2) is 0 Å². The average Bonchev–Trinajstić information content (AvgIpc) is 3.40. The molecule has 4 N–H and O–H groups in total. The number of hydrogen-bond acceptors (Lipinski definition) is 9. The third-order valence-electron chi connectivity index (χ3n) is 5.84. The molecule has 3 amide bonds. The van der Waals surface area contributed by atoms with Gasteiger partial charge in [0.05, 0.1) is 12.4 Å². The fourth-order valence-corrected chi connectivity index (χ4v) is 5.39. The first-order valence-corrected chi connectivity index (χ1v) is 14.6. The second kappa shape index (κ2) is 14.3. The van der Waals surface area contributed by atoms with Crippen LogP contribution in [-0.2, 0) is 9.59 Å². The number of aryl methyl sites for hydroxylation is 1. The van der Waals surface area contributed by atoms with Crippen molar-refractivity contribution in [1.29, 1.82) is 0 Å². The molecule has 0 spiro atoms. The topological polar surface area (TPSA) is 143 Å². The number of carbonyl (C=O) groups is 3. The van der Waals surface area contributed by atoms with Crippen LogP contribution in [0.3, 0.4) is 0 Å². The highest BCUT2D eigenvalue weighted by atomic mass is 32.2. The first-order valence-electron chi connectivity index (χ1n) is 12.9. The number of nitrogens with one attached hydrogen (secondary N) is 3. The summed E-state index contributed by atoms with van der Waals surface area (Å²) in [5, 5.41) is 26.8. The fourth-order valence-electron chi connectivity index (χ4n) is 3.78. The number of amides is 3. The van der Waals surface area contributed by atoms with Crippen molar-refractivity contribution >= 4 is 57.7 Å². The molecule has 10 nitrogen and oxygen atoms in total.